The van der Waals surface area contributed by atoms with Gasteiger partial charge in [0.25, 0.3) is 0 Å². The van der Waals surface area contributed by atoms with Crippen LogP contribution in [-0.2, 0) is 14.8 Å². The Kier molecular flexibility index (Phi) is 5.80. The zero-order chi connectivity index (χ0) is 14.6. The maximum Gasteiger partial charge on any atom is 0.211 e. The Hall–Kier alpha value is -0.210. The summed E-state index contributed by atoms with van der Waals surface area (Å²) in [4.78, 5) is 2.37. The first-order valence-corrected chi connectivity index (χ1v) is 9.34. The summed E-state index contributed by atoms with van der Waals surface area (Å²) < 4.78 is 30.1. The minimum Gasteiger partial charge on any atom is -0.381 e. The first-order chi connectivity index (χ1) is 9.50. The highest BCUT2D eigenvalue weighted by molar-refractivity contribution is 7.88. The van der Waals surface area contributed by atoms with Crippen molar-refractivity contribution < 1.29 is 13.2 Å². The number of hydrogen-bond donors (Lipinski definition) is 1. The van der Waals surface area contributed by atoms with Crippen LogP contribution in [0.3, 0.4) is 0 Å². The standard InChI is InChI=1S/C13H27N3O3S/c1-3-14-13(12-4-9-19-11-12)10-15-5-7-16(8-6-15)20(2,17)18/h12-14H,3-11H2,1-2H3. The molecule has 0 aromatic carbocycles. The molecular weight excluding hydrogens is 278 g/mol. The minimum atomic E-state index is -3.03. The van der Waals surface area contributed by atoms with Crippen molar-refractivity contribution in [2.75, 3.05) is 58.7 Å². The second-order valence-corrected chi connectivity index (χ2v) is 7.73. The fourth-order valence-corrected chi connectivity index (χ4v) is 3.86. The monoisotopic (exact) mass is 305 g/mol. The van der Waals surface area contributed by atoms with E-state index in [2.05, 4.69) is 17.1 Å². The molecule has 20 heavy (non-hydrogen) atoms. The number of piperazine rings is 1. The van der Waals surface area contributed by atoms with Crippen molar-refractivity contribution in [1.82, 2.24) is 14.5 Å². The summed E-state index contributed by atoms with van der Waals surface area (Å²) >= 11 is 0. The average molecular weight is 305 g/mol. The molecule has 2 aliphatic rings. The number of nitrogens with one attached hydrogen (secondary N) is 1. The van der Waals surface area contributed by atoms with E-state index in [0.717, 1.165) is 45.8 Å². The summed E-state index contributed by atoms with van der Waals surface area (Å²) in [5.41, 5.74) is 0. The number of sulfonamides is 1. The van der Waals surface area contributed by atoms with Crippen LogP contribution in [0.15, 0.2) is 0 Å². The summed E-state index contributed by atoms with van der Waals surface area (Å²) in [7, 11) is -3.03. The van der Waals surface area contributed by atoms with Gasteiger partial charge in [0.1, 0.15) is 0 Å². The minimum absolute atomic E-state index is 0.451. The van der Waals surface area contributed by atoms with Crippen LogP contribution >= 0.6 is 0 Å². The lowest BCUT2D eigenvalue weighted by atomic mass is 9.98. The summed E-state index contributed by atoms with van der Waals surface area (Å²) in [6.45, 7) is 8.66. The van der Waals surface area contributed by atoms with E-state index in [1.54, 1.807) is 4.31 Å². The smallest absolute Gasteiger partial charge is 0.211 e. The molecule has 0 spiro atoms. The van der Waals surface area contributed by atoms with Crippen molar-refractivity contribution in [3.8, 4) is 0 Å². The molecule has 7 heteroatoms. The lowest BCUT2D eigenvalue weighted by molar-refractivity contribution is 0.140. The third-order valence-electron chi connectivity index (χ3n) is 4.26. The molecule has 118 valence electrons. The molecule has 2 saturated heterocycles. The molecule has 0 aliphatic carbocycles. The molecule has 2 rings (SSSR count). The SMILES string of the molecule is CCNC(CN1CCN(S(C)(=O)=O)CC1)C1CCOC1. The average Bonchev–Trinajstić information content (AvgIpc) is 2.91. The quantitative estimate of drug-likeness (QED) is 0.722. The number of rotatable bonds is 6. The fourth-order valence-electron chi connectivity index (χ4n) is 3.03. The van der Waals surface area contributed by atoms with Gasteiger partial charge in [0.2, 0.25) is 10.0 Å². The largest absolute Gasteiger partial charge is 0.381 e. The number of hydrogen-bond acceptors (Lipinski definition) is 5. The molecule has 2 heterocycles. The predicted molar refractivity (Wildman–Crippen MR) is 79.2 cm³/mol. The Bertz CT molecular complexity index is 388. The summed E-state index contributed by atoms with van der Waals surface area (Å²) in [6.07, 6.45) is 2.42. The van der Waals surface area contributed by atoms with Gasteiger partial charge < -0.3 is 10.1 Å². The Balaban J connectivity index is 1.83. The molecule has 1 N–H and O–H groups in total. The molecule has 0 bridgehead atoms. The van der Waals surface area contributed by atoms with Crippen molar-refractivity contribution in [2.45, 2.75) is 19.4 Å². The zero-order valence-corrected chi connectivity index (χ0v) is 13.4. The van der Waals surface area contributed by atoms with Crippen LogP contribution in [0, 0.1) is 5.92 Å². The van der Waals surface area contributed by atoms with Gasteiger partial charge in [-0.25, -0.2) is 8.42 Å². The van der Waals surface area contributed by atoms with E-state index in [4.69, 9.17) is 4.74 Å². The van der Waals surface area contributed by atoms with Gasteiger partial charge in [0.05, 0.1) is 12.9 Å². The fraction of sp³-hybridized carbons (Fsp3) is 1.00. The van der Waals surface area contributed by atoms with Gasteiger partial charge in [0, 0.05) is 51.3 Å². The second-order valence-electron chi connectivity index (χ2n) is 5.75. The van der Waals surface area contributed by atoms with Crippen molar-refractivity contribution in [2.24, 2.45) is 5.92 Å². The lowest BCUT2D eigenvalue weighted by Gasteiger charge is -2.36. The molecule has 6 nitrogen and oxygen atoms in total. The third kappa shape index (κ3) is 4.39. The summed E-state index contributed by atoms with van der Waals surface area (Å²) in [5.74, 6) is 0.586. The first-order valence-electron chi connectivity index (χ1n) is 7.49. The highest BCUT2D eigenvalue weighted by Gasteiger charge is 2.29. The highest BCUT2D eigenvalue weighted by Crippen LogP contribution is 2.18. The van der Waals surface area contributed by atoms with Crippen LogP contribution in [0.5, 0.6) is 0 Å². The van der Waals surface area contributed by atoms with E-state index in [9.17, 15) is 8.42 Å². The number of likely N-dealkylation sites (N-methyl/N-ethyl adjacent to an activating group) is 1. The molecule has 2 unspecified atom stereocenters. The van der Waals surface area contributed by atoms with Gasteiger partial charge in [-0.15, -0.1) is 0 Å². The maximum absolute atomic E-state index is 11.5. The normalized spacial score (nSPS) is 27.8. The van der Waals surface area contributed by atoms with E-state index in [1.165, 1.54) is 6.26 Å². The Labute approximate surface area is 122 Å². The number of ether oxygens (including phenoxy) is 1. The Morgan fingerprint density at radius 2 is 2.00 bits per heavy atom. The van der Waals surface area contributed by atoms with Crippen LogP contribution in [0.2, 0.25) is 0 Å². The van der Waals surface area contributed by atoms with Crippen LogP contribution in [0.4, 0.5) is 0 Å². The zero-order valence-electron chi connectivity index (χ0n) is 12.5. The van der Waals surface area contributed by atoms with Crippen LogP contribution in [-0.4, -0.2) is 82.4 Å². The van der Waals surface area contributed by atoms with Gasteiger partial charge in [-0.1, -0.05) is 6.92 Å². The summed E-state index contributed by atoms with van der Waals surface area (Å²) in [6, 6.07) is 0.451. The maximum atomic E-state index is 11.5. The van der Waals surface area contributed by atoms with E-state index in [0.29, 0.717) is 25.0 Å². The highest BCUT2D eigenvalue weighted by atomic mass is 32.2. The van der Waals surface area contributed by atoms with Crippen molar-refractivity contribution >= 4 is 10.0 Å². The molecule has 2 fully saturated rings. The van der Waals surface area contributed by atoms with Gasteiger partial charge >= 0.3 is 0 Å². The third-order valence-corrected chi connectivity index (χ3v) is 5.56. The van der Waals surface area contributed by atoms with Crippen LogP contribution < -0.4 is 5.32 Å². The van der Waals surface area contributed by atoms with E-state index < -0.39 is 10.0 Å². The Morgan fingerprint density at radius 1 is 1.30 bits per heavy atom. The molecule has 2 aliphatic heterocycles. The van der Waals surface area contributed by atoms with Crippen LogP contribution in [0.25, 0.3) is 0 Å². The Morgan fingerprint density at radius 3 is 2.50 bits per heavy atom. The lowest BCUT2D eigenvalue weighted by Crippen LogP contribution is -2.53. The first kappa shape index (κ1) is 16.2. The molecule has 0 radical (unpaired) electrons. The molecule has 0 aromatic heterocycles. The van der Waals surface area contributed by atoms with E-state index >= 15 is 0 Å². The van der Waals surface area contributed by atoms with E-state index in [1.807, 2.05) is 0 Å². The summed E-state index contributed by atoms with van der Waals surface area (Å²) in [5, 5.41) is 3.56. The van der Waals surface area contributed by atoms with Crippen LogP contribution in [0.1, 0.15) is 13.3 Å². The van der Waals surface area contributed by atoms with Crippen molar-refractivity contribution in [1.29, 1.82) is 0 Å². The van der Waals surface area contributed by atoms with Gasteiger partial charge in [-0.05, 0) is 13.0 Å². The number of nitrogens with zero attached hydrogens (tertiary/aromatic N) is 2. The topological polar surface area (TPSA) is 61.9 Å². The van der Waals surface area contributed by atoms with Crippen molar-refractivity contribution in [3.05, 3.63) is 0 Å². The van der Waals surface area contributed by atoms with E-state index in [-0.39, 0.29) is 0 Å². The molecule has 2 atom stereocenters. The molecular formula is C13H27N3O3S. The molecule has 0 amide bonds. The predicted octanol–water partition coefficient (Wildman–Crippen LogP) is -0.422. The van der Waals surface area contributed by atoms with Gasteiger partial charge in [-0.2, -0.15) is 4.31 Å². The molecule has 0 aromatic rings. The van der Waals surface area contributed by atoms with Crippen molar-refractivity contribution in [3.63, 3.8) is 0 Å². The van der Waals surface area contributed by atoms with Gasteiger partial charge in [-0.3, -0.25) is 4.90 Å². The molecule has 0 saturated carbocycles. The second kappa shape index (κ2) is 7.17. The van der Waals surface area contributed by atoms with Gasteiger partial charge in [0.15, 0.2) is 0 Å².